The first-order chi connectivity index (χ1) is 6.77. The van der Waals surface area contributed by atoms with Crippen molar-refractivity contribution in [2.45, 2.75) is 20.3 Å². The average molecular weight is 204 g/mol. The lowest BCUT2D eigenvalue weighted by Gasteiger charge is -2.07. The van der Waals surface area contributed by atoms with Crippen molar-refractivity contribution in [3.63, 3.8) is 0 Å². The monoisotopic (exact) mass is 204 g/mol. The first-order valence-corrected chi connectivity index (χ1v) is 5.60. The fraction of sp³-hybridized carbons (Fsp3) is 0.250. The molecule has 0 bridgehead atoms. The molecule has 1 aromatic carbocycles. The Morgan fingerprint density at radius 3 is 2.93 bits per heavy atom. The first-order valence-electron chi connectivity index (χ1n) is 4.72. The summed E-state index contributed by atoms with van der Waals surface area (Å²) in [5.74, 6) is 0. The summed E-state index contributed by atoms with van der Waals surface area (Å²) in [7, 11) is 0. The van der Waals surface area contributed by atoms with Gasteiger partial charge in [-0.15, -0.1) is 11.3 Å². The molecule has 0 aliphatic rings. The molecule has 0 spiro atoms. The van der Waals surface area contributed by atoms with E-state index in [-0.39, 0.29) is 0 Å². The van der Waals surface area contributed by atoms with Gasteiger partial charge in [-0.25, -0.2) is 0 Å². The summed E-state index contributed by atoms with van der Waals surface area (Å²) >= 11 is 1.65. The van der Waals surface area contributed by atoms with Gasteiger partial charge in [-0.05, 0) is 41.3 Å². The molecule has 0 fully saturated rings. The number of aldehydes is 1. The Kier molecular flexibility index (Phi) is 2.38. The highest BCUT2D eigenvalue weighted by Gasteiger charge is 2.09. The molecule has 0 aliphatic heterocycles. The van der Waals surface area contributed by atoms with Gasteiger partial charge in [-0.3, -0.25) is 4.79 Å². The van der Waals surface area contributed by atoms with E-state index in [4.69, 9.17) is 0 Å². The molecule has 0 N–H and O–H groups in total. The number of benzene rings is 1. The number of aryl methyl sites for hydroxylation is 1. The molecular formula is C12H12OS. The van der Waals surface area contributed by atoms with Crippen LogP contribution in [0.5, 0.6) is 0 Å². The lowest BCUT2D eigenvalue weighted by Crippen LogP contribution is -1.94. The molecule has 1 heterocycles. The Hall–Kier alpha value is -1.15. The molecule has 0 aliphatic carbocycles. The van der Waals surface area contributed by atoms with Gasteiger partial charge in [0.2, 0.25) is 0 Å². The Bertz CT molecular complexity index is 482. The molecule has 72 valence electrons. The Labute approximate surface area is 87.4 Å². The number of thiophene rings is 1. The number of fused-ring (bicyclic) bond motifs is 1. The standard InChI is InChI=1S/C12H12OS/c1-3-10-8(2)6-9-4-5-14-12(9)11(10)7-13/h4-7H,3H2,1-2H3. The minimum atomic E-state index is 0.887. The van der Waals surface area contributed by atoms with E-state index < -0.39 is 0 Å². The van der Waals surface area contributed by atoms with Crippen LogP contribution >= 0.6 is 11.3 Å². The van der Waals surface area contributed by atoms with Crippen LogP contribution in [-0.2, 0) is 6.42 Å². The zero-order valence-corrected chi connectivity index (χ0v) is 9.15. The van der Waals surface area contributed by atoms with Crippen molar-refractivity contribution in [1.29, 1.82) is 0 Å². The second-order valence-corrected chi connectivity index (χ2v) is 4.31. The van der Waals surface area contributed by atoms with Gasteiger partial charge in [0.1, 0.15) is 0 Å². The van der Waals surface area contributed by atoms with Crippen molar-refractivity contribution in [3.05, 3.63) is 34.2 Å². The van der Waals surface area contributed by atoms with Gasteiger partial charge in [0.05, 0.1) is 0 Å². The lowest BCUT2D eigenvalue weighted by atomic mass is 9.98. The summed E-state index contributed by atoms with van der Waals surface area (Å²) in [5, 5.41) is 3.23. The number of hydrogen-bond donors (Lipinski definition) is 0. The van der Waals surface area contributed by atoms with E-state index in [1.807, 2.05) is 5.38 Å². The summed E-state index contributed by atoms with van der Waals surface area (Å²) in [6.07, 6.45) is 1.92. The maximum atomic E-state index is 11.1. The van der Waals surface area contributed by atoms with Gasteiger partial charge < -0.3 is 0 Å². The molecule has 0 radical (unpaired) electrons. The molecule has 2 heteroatoms. The molecule has 2 rings (SSSR count). The summed E-state index contributed by atoms with van der Waals surface area (Å²) in [6.45, 7) is 4.16. The molecule has 0 saturated heterocycles. The topological polar surface area (TPSA) is 17.1 Å². The predicted octanol–water partition coefficient (Wildman–Crippen LogP) is 3.58. The first kappa shape index (κ1) is 9.41. The Morgan fingerprint density at radius 2 is 2.29 bits per heavy atom. The largest absolute Gasteiger partial charge is 0.298 e. The van der Waals surface area contributed by atoms with Crippen molar-refractivity contribution >= 4 is 27.7 Å². The average Bonchev–Trinajstić information content (AvgIpc) is 2.62. The van der Waals surface area contributed by atoms with Crippen LogP contribution < -0.4 is 0 Å². The van der Waals surface area contributed by atoms with Gasteiger partial charge in [0.25, 0.3) is 0 Å². The highest BCUT2D eigenvalue weighted by Crippen LogP contribution is 2.29. The summed E-state index contributed by atoms with van der Waals surface area (Å²) < 4.78 is 1.13. The SMILES string of the molecule is CCc1c(C)cc2ccsc2c1C=O. The van der Waals surface area contributed by atoms with Gasteiger partial charge in [0, 0.05) is 10.3 Å². The van der Waals surface area contributed by atoms with Crippen molar-refractivity contribution in [1.82, 2.24) is 0 Å². The lowest BCUT2D eigenvalue weighted by molar-refractivity contribution is 0.112. The maximum absolute atomic E-state index is 11.1. The van der Waals surface area contributed by atoms with Crippen LogP contribution in [0.4, 0.5) is 0 Å². The van der Waals surface area contributed by atoms with E-state index in [0.29, 0.717) is 0 Å². The third-order valence-corrected chi connectivity index (χ3v) is 3.55. The van der Waals surface area contributed by atoms with Crippen LogP contribution in [0.3, 0.4) is 0 Å². The smallest absolute Gasteiger partial charge is 0.151 e. The van der Waals surface area contributed by atoms with Gasteiger partial charge in [0.15, 0.2) is 6.29 Å². The summed E-state index contributed by atoms with van der Waals surface area (Å²) in [5.41, 5.74) is 3.30. The van der Waals surface area contributed by atoms with E-state index in [9.17, 15) is 4.79 Å². The van der Waals surface area contributed by atoms with Crippen LogP contribution in [0, 0.1) is 6.92 Å². The highest BCUT2D eigenvalue weighted by molar-refractivity contribution is 7.17. The van der Waals surface area contributed by atoms with Gasteiger partial charge in [-0.1, -0.05) is 13.0 Å². The van der Waals surface area contributed by atoms with Crippen LogP contribution in [0.2, 0.25) is 0 Å². The molecule has 1 aromatic heterocycles. The van der Waals surface area contributed by atoms with E-state index in [2.05, 4.69) is 26.0 Å². The third-order valence-electron chi connectivity index (χ3n) is 2.58. The summed E-state index contributed by atoms with van der Waals surface area (Å²) in [4.78, 5) is 11.1. The molecular weight excluding hydrogens is 192 g/mol. The minimum Gasteiger partial charge on any atom is -0.298 e. The Morgan fingerprint density at radius 1 is 1.50 bits per heavy atom. The van der Waals surface area contributed by atoms with Crippen LogP contribution in [0.1, 0.15) is 28.4 Å². The van der Waals surface area contributed by atoms with Crippen LogP contribution in [0.25, 0.3) is 10.1 Å². The van der Waals surface area contributed by atoms with E-state index in [1.54, 1.807) is 11.3 Å². The molecule has 0 atom stereocenters. The second kappa shape index (κ2) is 3.54. The van der Waals surface area contributed by atoms with Gasteiger partial charge >= 0.3 is 0 Å². The normalized spacial score (nSPS) is 10.7. The maximum Gasteiger partial charge on any atom is 0.151 e. The molecule has 2 aromatic rings. The number of carbonyl (C=O) groups is 1. The highest BCUT2D eigenvalue weighted by atomic mass is 32.1. The molecule has 14 heavy (non-hydrogen) atoms. The predicted molar refractivity (Wildman–Crippen MR) is 61.3 cm³/mol. The van der Waals surface area contributed by atoms with Crippen molar-refractivity contribution in [2.24, 2.45) is 0 Å². The van der Waals surface area contributed by atoms with E-state index in [1.165, 1.54) is 16.5 Å². The van der Waals surface area contributed by atoms with Gasteiger partial charge in [-0.2, -0.15) is 0 Å². The second-order valence-electron chi connectivity index (χ2n) is 3.40. The molecule has 0 unspecified atom stereocenters. The van der Waals surface area contributed by atoms with Crippen LogP contribution in [0.15, 0.2) is 17.5 Å². The van der Waals surface area contributed by atoms with Crippen LogP contribution in [-0.4, -0.2) is 6.29 Å². The van der Waals surface area contributed by atoms with Crippen molar-refractivity contribution in [2.75, 3.05) is 0 Å². The van der Waals surface area contributed by atoms with E-state index in [0.717, 1.165) is 23.0 Å². The zero-order chi connectivity index (χ0) is 10.1. The molecule has 0 amide bonds. The van der Waals surface area contributed by atoms with Crippen molar-refractivity contribution < 1.29 is 4.79 Å². The molecule has 1 nitrogen and oxygen atoms in total. The summed E-state index contributed by atoms with van der Waals surface area (Å²) in [6, 6.07) is 4.23. The quantitative estimate of drug-likeness (QED) is 0.683. The number of rotatable bonds is 2. The minimum absolute atomic E-state index is 0.887. The number of carbonyl (C=O) groups excluding carboxylic acids is 1. The molecule has 0 saturated carbocycles. The fourth-order valence-corrected chi connectivity index (χ4v) is 2.83. The zero-order valence-electron chi connectivity index (χ0n) is 8.33. The number of hydrogen-bond acceptors (Lipinski definition) is 2. The fourth-order valence-electron chi connectivity index (χ4n) is 1.92. The Balaban J connectivity index is 2.88. The third kappa shape index (κ3) is 1.26. The van der Waals surface area contributed by atoms with Crippen molar-refractivity contribution in [3.8, 4) is 0 Å². The van der Waals surface area contributed by atoms with E-state index >= 15 is 0 Å².